The third-order valence-electron chi connectivity index (χ3n) is 12.9. The fourth-order valence-electron chi connectivity index (χ4n) is 8.72. The molecular formula is C62H100N2. The van der Waals surface area contributed by atoms with Gasteiger partial charge in [-0.3, -0.25) is 0 Å². The lowest BCUT2D eigenvalue weighted by atomic mass is 10.0. The van der Waals surface area contributed by atoms with Crippen LogP contribution < -0.4 is 0 Å². The van der Waals surface area contributed by atoms with Gasteiger partial charge in [-0.15, -0.1) is 0 Å². The van der Waals surface area contributed by atoms with E-state index in [0.29, 0.717) is 5.71 Å². The summed E-state index contributed by atoms with van der Waals surface area (Å²) in [6.45, 7) is 9.17. The molecule has 0 aliphatic heterocycles. The van der Waals surface area contributed by atoms with Gasteiger partial charge < -0.3 is 0 Å². The van der Waals surface area contributed by atoms with Crippen molar-refractivity contribution in [3.8, 4) is 23.7 Å². The molecule has 0 aromatic heterocycles. The zero-order chi connectivity index (χ0) is 45.6. The molecule has 0 aliphatic rings. The van der Waals surface area contributed by atoms with Crippen LogP contribution in [-0.4, -0.2) is 11.4 Å². The van der Waals surface area contributed by atoms with Crippen LogP contribution in [0.25, 0.3) is 0 Å². The molecule has 64 heavy (non-hydrogen) atoms. The lowest BCUT2D eigenvalue weighted by Crippen LogP contribution is -2.10. The van der Waals surface area contributed by atoms with E-state index < -0.39 is 0 Å². The summed E-state index contributed by atoms with van der Waals surface area (Å²) in [4.78, 5) is 10.5. The topological polar surface area (TPSA) is 24.7 Å². The van der Waals surface area contributed by atoms with Gasteiger partial charge in [-0.25, -0.2) is 9.98 Å². The van der Waals surface area contributed by atoms with Crippen LogP contribution in [0.15, 0.2) is 58.5 Å². The fraction of sp³-hybridized carbons (Fsp3) is 0.710. The van der Waals surface area contributed by atoms with Crippen molar-refractivity contribution < 1.29 is 0 Å². The van der Waals surface area contributed by atoms with E-state index >= 15 is 0 Å². The smallest absolute Gasteiger partial charge is 0.148 e. The SMILES string of the molecule is CCCCCCCC#CC(=Nc1cccc(CCCCCCCCC)c1)C(C#CCCCCCCCCCCCCCCCCCCC)=Nc1cccc(CCCCCCCCC)c1. The van der Waals surface area contributed by atoms with Crippen LogP contribution in [0.2, 0.25) is 0 Å². The molecule has 2 nitrogen and oxygen atoms in total. The first-order valence-corrected chi connectivity index (χ1v) is 28.0. The maximum absolute atomic E-state index is 5.27. The van der Waals surface area contributed by atoms with E-state index in [-0.39, 0.29) is 0 Å². The second-order valence-electron chi connectivity index (χ2n) is 19.2. The number of benzene rings is 2. The zero-order valence-corrected chi connectivity index (χ0v) is 42.8. The van der Waals surface area contributed by atoms with E-state index in [2.05, 4.69) is 99.9 Å². The van der Waals surface area contributed by atoms with Crippen LogP contribution >= 0.6 is 0 Å². The third-order valence-corrected chi connectivity index (χ3v) is 12.9. The minimum Gasteiger partial charge on any atom is -0.237 e. The standard InChI is InChI=1S/C62H100N2/c1-5-9-13-17-21-22-23-24-25-26-27-28-29-30-31-32-36-40-44-54-62(64-60-52-46-50-58(56-60)48-42-38-34-19-15-11-7-3)61(53-43-39-35-20-16-12-8-4)63-59-51-45-49-57(55-59)47-41-37-33-18-14-10-6-2/h45-46,49-52,55-56H,5-42,47-48H2,1-4H3. The third kappa shape index (κ3) is 33.4. The number of unbranched alkanes of at least 4 members (excludes halogenated alkanes) is 34. The molecule has 358 valence electrons. The van der Waals surface area contributed by atoms with Crippen LogP contribution in [0.1, 0.15) is 283 Å². The maximum Gasteiger partial charge on any atom is 0.148 e. The van der Waals surface area contributed by atoms with E-state index in [0.717, 1.165) is 55.6 Å². The van der Waals surface area contributed by atoms with Crippen molar-refractivity contribution in [3.63, 3.8) is 0 Å². The molecule has 2 aromatic carbocycles. The summed E-state index contributed by atoms with van der Waals surface area (Å²) in [6, 6.07) is 17.7. The van der Waals surface area contributed by atoms with Crippen molar-refractivity contribution >= 4 is 22.8 Å². The molecule has 0 atom stereocenters. The van der Waals surface area contributed by atoms with E-state index in [1.807, 2.05) is 0 Å². The van der Waals surface area contributed by atoms with Crippen LogP contribution in [0.3, 0.4) is 0 Å². The van der Waals surface area contributed by atoms with E-state index in [9.17, 15) is 0 Å². The number of hydrogen-bond donors (Lipinski definition) is 0. The number of rotatable bonds is 41. The Balaban J connectivity index is 2.13. The van der Waals surface area contributed by atoms with Gasteiger partial charge in [-0.2, -0.15) is 0 Å². The van der Waals surface area contributed by atoms with Crippen LogP contribution in [0.5, 0.6) is 0 Å². The summed E-state index contributed by atoms with van der Waals surface area (Å²) in [7, 11) is 0. The molecule has 0 N–H and O–H groups in total. The molecule has 0 radical (unpaired) electrons. The van der Waals surface area contributed by atoms with E-state index in [1.165, 1.54) is 229 Å². The molecule has 2 heteroatoms. The molecule has 0 saturated carbocycles. The highest BCUT2D eigenvalue weighted by molar-refractivity contribution is 6.55. The van der Waals surface area contributed by atoms with Crippen molar-refractivity contribution in [1.82, 2.24) is 0 Å². The monoisotopic (exact) mass is 873 g/mol. The van der Waals surface area contributed by atoms with Gasteiger partial charge in [-0.05, 0) is 85.8 Å². The minimum atomic E-state index is 0.717. The Bertz CT molecular complexity index is 1560. The first kappa shape index (κ1) is 57.0. The highest BCUT2D eigenvalue weighted by atomic mass is 14.8. The predicted molar refractivity (Wildman–Crippen MR) is 288 cm³/mol. The number of nitrogens with zero attached hydrogens (tertiary/aromatic N) is 2. The number of hydrogen-bond acceptors (Lipinski definition) is 2. The lowest BCUT2D eigenvalue weighted by Gasteiger charge is -2.06. The average Bonchev–Trinajstić information content (AvgIpc) is 3.31. The van der Waals surface area contributed by atoms with Gasteiger partial charge in [0.05, 0.1) is 11.4 Å². The Hall–Kier alpha value is -3.10. The molecule has 0 amide bonds. The predicted octanol–water partition coefficient (Wildman–Crippen LogP) is 20.5. The summed E-state index contributed by atoms with van der Waals surface area (Å²) >= 11 is 0. The van der Waals surface area contributed by atoms with Gasteiger partial charge in [0.25, 0.3) is 0 Å². The normalized spacial score (nSPS) is 11.7. The Morgan fingerprint density at radius 1 is 0.328 bits per heavy atom. The Kier molecular flexibility index (Phi) is 39.0. The van der Waals surface area contributed by atoms with Crippen molar-refractivity contribution in [3.05, 3.63) is 59.7 Å². The van der Waals surface area contributed by atoms with Crippen molar-refractivity contribution in [2.75, 3.05) is 0 Å². The molecule has 0 heterocycles. The fourth-order valence-corrected chi connectivity index (χ4v) is 8.72. The minimum absolute atomic E-state index is 0.717. The van der Waals surface area contributed by atoms with Gasteiger partial charge in [-0.1, -0.05) is 269 Å². The maximum atomic E-state index is 5.27. The Morgan fingerprint density at radius 2 is 0.594 bits per heavy atom. The highest BCUT2D eigenvalue weighted by Crippen LogP contribution is 2.21. The van der Waals surface area contributed by atoms with Gasteiger partial charge >= 0.3 is 0 Å². The first-order valence-electron chi connectivity index (χ1n) is 28.0. The van der Waals surface area contributed by atoms with Crippen molar-refractivity contribution in [1.29, 1.82) is 0 Å². The second-order valence-corrected chi connectivity index (χ2v) is 19.2. The lowest BCUT2D eigenvalue weighted by molar-refractivity contribution is 0.528. The second kappa shape index (κ2) is 43.8. The van der Waals surface area contributed by atoms with Crippen LogP contribution in [-0.2, 0) is 12.8 Å². The van der Waals surface area contributed by atoms with E-state index in [1.54, 1.807) is 0 Å². The molecule has 0 fully saturated rings. The number of aliphatic imine (C=N–C) groups is 2. The Morgan fingerprint density at radius 3 is 0.891 bits per heavy atom. The van der Waals surface area contributed by atoms with E-state index in [4.69, 9.17) is 9.98 Å². The molecular weight excluding hydrogens is 773 g/mol. The molecule has 0 saturated heterocycles. The Labute approximate surface area is 399 Å². The van der Waals surface area contributed by atoms with Crippen molar-refractivity contribution in [2.24, 2.45) is 9.98 Å². The van der Waals surface area contributed by atoms with Crippen LogP contribution in [0, 0.1) is 23.7 Å². The van der Waals surface area contributed by atoms with Gasteiger partial charge in [0.15, 0.2) is 0 Å². The molecule has 0 spiro atoms. The summed E-state index contributed by atoms with van der Waals surface area (Å²) < 4.78 is 0. The summed E-state index contributed by atoms with van der Waals surface area (Å²) in [5.41, 5.74) is 6.08. The zero-order valence-electron chi connectivity index (χ0n) is 42.8. The summed E-state index contributed by atoms with van der Waals surface area (Å²) in [6.07, 6.45) is 52.4. The van der Waals surface area contributed by atoms with Gasteiger partial charge in [0, 0.05) is 12.8 Å². The molecule has 2 aromatic rings. The first-order chi connectivity index (χ1) is 31.7. The van der Waals surface area contributed by atoms with Crippen LogP contribution in [0.4, 0.5) is 11.4 Å². The molecule has 0 aliphatic carbocycles. The molecule has 0 unspecified atom stereocenters. The average molecular weight is 873 g/mol. The van der Waals surface area contributed by atoms with Crippen molar-refractivity contribution in [2.45, 2.75) is 285 Å². The molecule has 2 rings (SSSR count). The molecule has 0 bridgehead atoms. The largest absolute Gasteiger partial charge is 0.237 e. The van der Waals surface area contributed by atoms with Gasteiger partial charge in [0.1, 0.15) is 11.4 Å². The quantitative estimate of drug-likeness (QED) is 0.0361. The number of aryl methyl sites for hydroxylation is 2. The summed E-state index contributed by atoms with van der Waals surface area (Å²) in [5.74, 6) is 14.2. The summed E-state index contributed by atoms with van der Waals surface area (Å²) in [5, 5.41) is 0. The highest BCUT2D eigenvalue weighted by Gasteiger charge is 2.08. The van der Waals surface area contributed by atoms with Gasteiger partial charge in [0.2, 0.25) is 0 Å².